The Morgan fingerprint density at radius 1 is 1.33 bits per heavy atom. The van der Waals surface area contributed by atoms with Crippen molar-refractivity contribution in [2.24, 2.45) is 0 Å². The van der Waals surface area contributed by atoms with Gasteiger partial charge in [-0.05, 0) is 42.9 Å². The summed E-state index contributed by atoms with van der Waals surface area (Å²) in [6.07, 6.45) is 6.51. The van der Waals surface area contributed by atoms with Crippen molar-refractivity contribution in [1.82, 2.24) is 0 Å². The van der Waals surface area contributed by atoms with E-state index in [4.69, 9.17) is 16.3 Å². The molecule has 15 heavy (non-hydrogen) atoms. The van der Waals surface area contributed by atoms with Gasteiger partial charge in [0, 0.05) is 5.02 Å². The molecule has 1 aromatic carbocycles. The van der Waals surface area contributed by atoms with Crippen molar-refractivity contribution in [3.05, 3.63) is 46.0 Å². The maximum absolute atomic E-state index is 5.85. The largest absolute Gasteiger partial charge is 0.480 e. The normalized spacial score (nSPS) is 20.7. The predicted octanol–water partition coefficient (Wildman–Crippen LogP) is 4.40. The van der Waals surface area contributed by atoms with E-state index in [2.05, 4.69) is 6.08 Å². The molecule has 0 aliphatic carbocycles. The molecular weight excluding hydrogens is 228 g/mol. The first-order valence-corrected chi connectivity index (χ1v) is 6.56. The molecule has 1 aliphatic heterocycles. The molecule has 0 spiro atoms. The third-order valence-electron chi connectivity index (χ3n) is 2.44. The van der Waals surface area contributed by atoms with E-state index in [1.54, 1.807) is 11.8 Å². The highest BCUT2D eigenvalue weighted by Crippen LogP contribution is 2.33. The Kier molecular flexibility index (Phi) is 3.60. The first-order valence-electron chi connectivity index (χ1n) is 4.96. The number of rotatable bonds is 2. The summed E-state index contributed by atoms with van der Waals surface area (Å²) < 4.78 is 5.84. The number of benzene rings is 1. The zero-order valence-corrected chi connectivity index (χ0v) is 10.1. The van der Waals surface area contributed by atoms with Gasteiger partial charge in [-0.25, -0.2) is 0 Å². The molecule has 0 aromatic heterocycles. The van der Waals surface area contributed by atoms with Gasteiger partial charge >= 0.3 is 0 Å². The highest BCUT2D eigenvalue weighted by Gasteiger charge is 2.17. The van der Waals surface area contributed by atoms with Crippen LogP contribution in [0.4, 0.5) is 0 Å². The van der Waals surface area contributed by atoms with Crippen LogP contribution in [0, 0.1) is 0 Å². The summed E-state index contributed by atoms with van der Waals surface area (Å²) in [5.41, 5.74) is 1.21. The lowest BCUT2D eigenvalue weighted by molar-refractivity contribution is 0.116. The fourth-order valence-corrected chi connectivity index (χ4v) is 2.27. The van der Waals surface area contributed by atoms with Crippen LogP contribution in [0.5, 0.6) is 0 Å². The topological polar surface area (TPSA) is 9.23 Å². The van der Waals surface area contributed by atoms with Crippen molar-refractivity contribution in [2.75, 3.05) is 6.26 Å². The lowest BCUT2D eigenvalue weighted by Gasteiger charge is -2.24. The molecule has 3 heteroatoms. The van der Waals surface area contributed by atoms with E-state index in [-0.39, 0.29) is 6.10 Å². The summed E-state index contributed by atoms with van der Waals surface area (Å²) in [6, 6.07) is 7.90. The van der Waals surface area contributed by atoms with Crippen LogP contribution in [0.2, 0.25) is 5.02 Å². The molecule has 0 saturated heterocycles. The average molecular weight is 241 g/mol. The van der Waals surface area contributed by atoms with Crippen LogP contribution in [0.25, 0.3) is 0 Å². The van der Waals surface area contributed by atoms with Crippen molar-refractivity contribution >= 4 is 23.4 Å². The molecule has 0 amide bonds. The van der Waals surface area contributed by atoms with E-state index in [0.717, 1.165) is 23.0 Å². The maximum Gasteiger partial charge on any atom is 0.149 e. The number of thioether (sulfide) groups is 1. The molecule has 0 radical (unpaired) electrons. The molecule has 0 bridgehead atoms. The van der Waals surface area contributed by atoms with Crippen LogP contribution >= 0.6 is 23.4 Å². The lowest BCUT2D eigenvalue weighted by Crippen LogP contribution is -2.06. The summed E-state index contributed by atoms with van der Waals surface area (Å²) in [7, 11) is 0. The molecular formula is C12H13ClOS. The Morgan fingerprint density at radius 3 is 2.73 bits per heavy atom. The Morgan fingerprint density at radius 2 is 2.07 bits per heavy atom. The van der Waals surface area contributed by atoms with E-state index in [0.29, 0.717) is 0 Å². The zero-order chi connectivity index (χ0) is 10.7. The molecule has 1 atom stereocenters. The first-order chi connectivity index (χ1) is 7.29. The molecule has 2 rings (SSSR count). The molecule has 0 saturated carbocycles. The van der Waals surface area contributed by atoms with Gasteiger partial charge in [0.15, 0.2) is 0 Å². The maximum atomic E-state index is 5.85. The van der Waals surface area contributed by atoms with Crippen molar-refractivity contribution < 1.29 is 4.74 Å². The Labute approximate surface area is 99.5 Å². The summed E-state index contributed by atoms with van der Waals surface area (Å²) in [5.74, 6) is 0. The standard InChI is InChI=1S/C12H13ClOS/c1-15-12-4-2-3-11(14-12)9-5-7-10(13)8-6-9/h4-8,11H,2-3H2,1H3. The van der Waals surface area contributed by atoms with Gasteiger partial charge in [0.2, 0.25) is 0 Å². The molecule has 1 aliphatic rings. The second-order valence-corrected chi connectivity index (χ2v) is 4.71. The van der Waals surface area contributed by atoms with E-state index in [1.165, 1.54) is 5.56 Å². The Balaban J connectivity index is 2.12. The van der Waals surface area contributed by atoms with Crippen LogP contribution in [-0.2, 0) is 4.74 Å². The minimum Gasteiger partial charge on any atom is -0.480 e. The van der Waals surface area contributed by atoms with Gasteiger partial charge in [0.1, 0.15) is 11.2 Å². The van der Waals surface area contributed by atoms with Crippen LogP contribution in [0.15, 0.2) is 35.4 Å². The first kappa shape index (κ1) is 10.9. The molecule has 0 N–H and O–H groups in total. The number of allylic oxidation sites excluding steroid dienone is 1. The summed E-state index contributed by atoms with van der Waals surface area (Å²) >= 11 is 7.51. The Bertz CT molecular complexity index is 358. The van der Waals surface area contributed by atoms with Gasteiger partial charge in [-0.2, -0.15) is 0 Å². The summed E-state index contributed by atoms with van der Waals surface area (Å²) in [6.45, 7) is 0. The second-order valence-electron chi connectivity index (χ2n) is 3.46. The van der Waals surface area contributed by atoms with Crippen LogP contribution < -0.4 is 0 Å². The molecule has 1 nitrogen and oxygen atoms in total. The lowest BCUT2D eigenvalue weighted by atomic mass is 10.0. The third kappa shape index (κ3) is 2.70. The van der Waals surface area contributed by atoms with Crippen molar-refractivity contribution in [2.45, 2.75) is 18.9 Å². The van der Waals surface area contributed by atoms with Crippen LogP contribution in [0.1, 0.15) is 24.5 Å². The summed E-state index contributed by atoms with van der Waals surface area (Å²) in [4.78, 5) is 0. The van der Waals surface area contributed by atoms with Gasteiger partial charge in [-0.15, -0.1) is 0 Å². The minimum atomic E-state index is 0.190. The second kappa shape index (κ2) is 4.95. The number of hydrogen-bond donors (Lipinski definition) is 0. The molecule has 80 valence electrons. The van der Waals surface area contributed by atoms with Crippen molar-refractivity contribution in [1.29, 1.82) is 0 Å². The van der Waals surface area contributed by atoms with Crippen molar-refractivity contribution in [3.8, 4) is 0 Å². The number of halogens is 1. The average Bonchev–Trinajstić information content (AvgIpc) is 2.30. The zero-order valence-electron chi connectivity index (χ0n) is 8.57. The molecule has 0 fully saturated rings. The summed E-state index contributed by atoms with van der Waals surface area (Å²) in [5, 5.41) is 1.80. The van der Waals surface area contributed by atoms with Crippen LogP contribution in [0.3, 0.4) is 0 Å². The number of ether oxygens (including phenoxy) is 1. The van der Waals surface area contributed by atoms with Gasteiger partial charge < -0.3 is 4.74 Å². The monoisotopic (exact) mass is 240 g/mol. The van der Waals surface area contributed by atoms with Crippen molar-refractivity contribution in [3.63, 3.8) is 0 Å². The van der Waals surface area contributed by atoms with Crippen LogP contribution in [-0.4, -0.2) is 6.26 Å². The molecule has 1 unspecified atom stereocenters. The van der Waals surface area contributed by atoms with Gasteiger partial charge in [0.05, 0.1) is 0 Å². The predicted molar refractivity (Wildman–Crippen MR) is 66.1 cm³/mol. The third-order valence-corrected chi connectivity index (χ3v) is 3.36. The van der Waals surface area contributed by atoms with E-state index in [9.17, 15) is 0 Å². The van der Waals surface area contributed by atoms with E-state index < -0.39 is 0 Å². The SMILES string of the molecule is CSC1=CCCC(c2ccc(Cl)cc2)O1. The van der Waals surface area contributed by atoms with Gasteiger partial charge in [0.25, 0.3) is 0 Å². The van der Waals surface area contributed by atoms with E-state index >= 15 is 0 Å². The quantitative estimate of drug-likeness (QED) is 0.758. The minimum absolute atomic E-state index is 0.190. The van der Waals surface area contributed by atoms with E-state index in [1.807, 2.05) is 30.5 Å². The Hall–Kier alpha value is -0.600. The molecule has 1 aromatic rings. The van der Waals surface area contributed by atoms with Gasteiger partial charge in [-0.3, -0.25) is 0 Å². The number of hydrogen-bond acceptors (Lipinski definition) is 2. The molecule has 1 heterocycles. The highest BCUT2D eigenvalue weighted by molar-refractivity contribution is 8.02. The van der Waals surface area contributed by atoms with Gasteiger partial charge in [-0.1, -0.05) is 35.5 Å². The smallest absolute Gasteiger partial charge is 0.149 e. The fraction of sp³-hybridized carbons (Fsp3) is 0.333. The fourth-order valence-electron chi connectivity index (χ4n) is 1.64. The highest BCUT2D eigenvalue weighted by atomic mass is 35.5.